The second kappa shape index (κ2) is 7.39. The molecule has 0 aliphatic carbocycles. The Morgan fingerprint density at radius 2 is 1.72 bits per heavy atom. The number of hydrogen-bond donors (Lipinski definition) is 1. The van der Waals surface area contributed by atoms with Crippen molar-refractivity contribution in [3.8, 4) is 0 Å². The van der Waals surface area contributed by atoms with E-state index in [0.29, 0.717) is 6.54 Å². The zero-order valence-electron chi connectivity index (χ0n) is 10.3. The average molecular weight is 409 g/mol. The Labute approximate surface area is 123 Å². The molecule has 1 aliphatic heterocycles. The fourth-order valence-corrected chi connectivity index (χ4v) is 5.76. The first-order chi connectivity index (χ1) is 8.37. The van der Waals surface area contributed by atoms with Crippen LogP contribution in [-0.2, 0) is 19.9 Å². The molecule has 1 aliphatic rings. The van der Waals surface area contributed by atoms with Crippen molar-refractivity contribution in [1.29, 1.82) is 0 Å². The molecule has 8 heteroatoms. The third-order valence-electron chi connectivity index (χ3n) is 3.05. The van der Waals surface area contributed by atoms with Gasteiger partial charge in [-0.05, 0) is 30.1 Å². The van der Waals surface area contributed by atoms with Crippen molar-refractivity contribution in [2.75, 3.05) is 22.5 Å². The predicted molar refractivity (Wildman–Crippen MR) is 81.3 cm³/mol. The SMILES string of the molecule is O=S1(=O)CCC(S(=O)(=O)NCCCCCI)CC1. The smallest absolute Gasteiger partial charge is 0.214 e. The summed E-state index contributed by atoms with van der Waals surface area (Å²) in [7, 11) is -6.34. The molecular weight excluding hydrogens is 389 g/mol. The highest BCUT2D eigenvalue weighted by Gasteiger charge is 2.32. The van der Waals surface area contributed by atoms with Crippen molar-refractivity contribution in [1.82, 2.24) is 4.72 Å². The lowest BCUT2D eigenvalue weighted by molar-refractivity contribution is 0.540. The molecule has 0 atom stereocenters. The van der Waals surface area contributed by atoms with E-state index < -0.39 is 25.1 Å². The van der Waals surface area contributed by atoms with E-state index in [1.165, 1.54) is 0 Å². The van der Waals surface area contributed by atoms with E-state index in [2.05, 4.69) is 27.3 Å². The number of hydrogen-bond acceptors (Lipinski definition) is 4. The zero-order valence-corrected chi connectivity index (χ0v) is 14.1. The summed E-state index contributed by atoms with van der Waals surface area (Å²) in [6.45, 7) is 0.461. The minimum atomic E-state index is -3.34. The van der Waals surface area contributed by atoms with Gasteiger partial charge in [0.05, 0.1) is 16.8 Å². The maximum absolute atomic E-state index is 11.9. The van der Waals surface area contributed by atoms with Crippen LogP contribution < -0.4 is 4.72 Å². The fourth-order valence-electron chi connectivity index (χ4n) is 1.91. The minimum absolute atomic E-state index is 0.00654. The van der Waals surface area contributed by atoms with Crippen LogP contribution >= 0.6 is 22.6 Å². The van der Waals surface area contributed by atoms with Gasteiger partial charge in [0.2, 0.25) is 10.0 Å². The van der Waals surface area contributed by atoms with Crippen LogP contribution in [0.2, 0.25) is 0 Å². The van der Waals surface area contributed by atoms with Gasteiger partial charge in [-0.3, -0.25) is 0 Å². The predicted octanol–water partition coefficient (Wildman–Crippen LogP) is 1.09. The van der Waals surface area contributed by atoms with Crippen molar-refractivity contribution in [3.05, 3.63) is 0 Å². The summed E-state index contributed by atoms with van der Waals surface area (Å²) in [5.74, 6) is -0.0131. The summed E-state index contributed by atoms with van der Waals surface area (Å²) >= 11 is 2.30. The van der Waals surface area contributed by atoms with Crippen molar-refractivity contribution >= 4 is 42.5 Å². The number of alkyl halides is 1. The monoisotopic (exact) mass is 409 g/mol. The van der Waals surface area contributed by atoms with E-state index in [0.717, 1.165) is 23.7 Å². The molecule has 1 saturated heterocycles. The van der Waals surface area contributed by atoms with E-state index in [9.17, 15) is 16.8 Å². The molecule has 0 radical (unpaired) electrons. The molecule has 108 valence electrons. The second-order valence-electron chi connectivity index (χ2n) is 4.54. The molecule has 1 rings (SSSR count). The maximum atomic E-state index is 11.9. The summed E-state index contributed by atoms with van der Waals surface area (Å²) in [5, 5.41) is -0.536. The highest BCUT2D eigenvalue weighted by molar-refractivity contribution is 14.1. The third-order valence-corrected chi connectivity index (χ3v) is 7.49. The molecule has 0 aromatic carbocycles. The molecule has 1 fully saturated rings. The third kappa shape index (κ3) is 5.70. The number of halogens is 1. The summed E-state index contributed by atoms with van der Waals surface area (Å²) < 4.78 is 50.0. The number of sulfone groups is 1. The van der Waals surface area contributed by atoms with Gasteiger partial charge in [0.1, 0.15) is 9.84 Å². The first-order valence-electron chi connectivity index (χ1n) is 6.12. The Bertz CT molecular complexity index is 432. The first-order valence-corrected chi connectivity index (χ1v) is 11.0. The van der Waals surface area contributed by atoms with Crippen LogP contribution in [0.15, 0.2) is 0 Å². The number of sulfonamides is 1. The van der Waals surface area contributed by atoms with Crippen LogP contribution in [0.1, 0.15) is 32.1 Å². The van der Waals surface area contributed by atoms with E-state index in [1.54, 1.807) is 0 Å². The normalized spacial score (nSPS) is 20.9. The lowest BCUT2D eigenvalue weighted by Gasteiger charge is -2.22. The highest BCUT2D eigenvalue weighted by atomic mass is 127. The van der Waals surface area contributed by atoms with Crippen LogP contribution in [0.3, 0.4) is 0 Å². The maximum Gasteiger partial charge on any atom is 0.214 e. The Morgan fingerprint density at radius 1 is 1.11 bits per heavy atom. The molecule has 0 bridgehead atoms. The molecule has 1 heterocycles. The van der Waals surface area contributed by atoms with Gasteiger partial charge in [-0.1, -0.05) is 29.0 Å². The van der Waals surface area contributed by atoms with Gasteiger partial charge < -0.3 is 0 Å². The quantitative estimate of drug-likeness (QED) is 0.388. The summed E-state index contributed by atoms with van der Waals surface area (Å²) in [4.78, 5) is 0. The van der Waals surface area contributed by atoms with Crippen LogP contribution in [0.5, 0.6) is 0 Å². The Kier molecular flexibility index (Phi) is 6.84. The summed E-state index contributed by atoms with van der Waals surface area (Å²) in [6.07, 6.45) is 3.42. The van der Waals surface area contributed by atoms with Crippen molar-refractivity contribution in [2.45, 2.75) is 37.4 Å². The van der Waals surface area contributed by atoms with Gasteiger partial charge in [-0.15, -0.1) is 0 Å². The van der Waals surface area contributed by atoms with Crippen LogP contribution in [0, 0.1) is 0 Å². The van der Waals surface area contributed by atoms with Gasteiger partial charge in [-0.25, -0.2) is 21.6 Å². The highest BCUT2D eigenvalue weighted by Crippen LogP contribution is 2.18. The van der Waals surface area contributed by atoms with Crippen molar-refractivity contribution < 1.29 is 16.8 Å². The molecule has 0 aromatic heterocycles. The fraction of sp³-hybridized carbons (Fsp3) is 1.00. The topological polar surface area (TPSA) is 80.3 Å². The van der Waals surface area contributed by atoms with Crippen molar-refractivity contribution in [2.24, 2.45) is 0 Å². The molecule has 5 nitrogen and oxygen atoms in total. The Morgan fingerprint density at radius 3 is 2.28 bits per heavy atom. The molecular formula is C10H20INO4S2. The van der Waals surface area contributed by atoms with Crippen LogP contribution in [0.4, 0.5) is 0 Å². The van der Waals surface area contributed by atoms with Crippen LogP contribution in [0.25, 0.3) is 0 Å². The van der Waals surface area contributed by atoms with Gasteiger partial charge in [0, 0.05) is 6.54 Å². The minimum Gasteiger partial charge on any atom is -0.229 e. The summed E-state index contributed by atoms with van der Waals surface area (Å²) in [5.41, 5.74) is 0. The van der Waals surface area contributed by atoms with Gasteiger partial charge in [-0.2, -0.15) is 0 Å². The van der Waals surface area contributed by atoms with Crippen LogP contribution in [-0.4, -0.2) is 44.6 Å². The molecule has 0 saturated carbocycles. The van der Waals surface area contributed by atoms with Gasteiger partial charge in [0.25, 0.3) is 0 Å². The van der Waals surface area contributed by atoms with E-state index in [4.69, 9.17) is 0 Å². The summed E-state index contributed by atoms with van der Waals surface area (Å²) in [6, 6.07) is 0. The van der Waals surface area contributed by atoms with Gasteiger partial charge in [0.15, 0.2) is 0 Å². The van der Waals surface area contributed by atoms with Crippen molar-refractivity contribution in [3.63, 3.8) is 0 Å². The molecule has 0 unspecified atom stereocenters. The van der Waals surface area contributed by atoms with E-state index >= 15 is 0 Å². The molecule has 1 N–H and O–H groups in total. The second-order valence-corrected chi connectivity index (χ2v) is 9.97. The standard InChI is InChI=1S/C10H20INO4S2/c11-6-2-1-3-7-12-18(15,16)10-4-8-17(13,14)9-5-10/h10,12H,1-9H2. The van der Waals surface area contributed by atoms with Gasteiger partial charge >= 0.3 is 0 Å². The molecule has 0 amide bonds. The van der Waals surface area contributed by atoms with E-state index in [1.807, 2.05) is 0 Å². The number of nitrogens with one attached hydrogen (secondary N) is 1. The number of rotatable bonds is 7. The Balaban J connectivity index is 2.36. The lowest BCUT2D eigenvalue weighted by atomic mass is 10.2. The number of unbranched alkanes of at least 4 members (excludes halogenated alkanes) is 2. The first kappa shape index (κ1) is 16.6. The largest absolute Gasteiger partial charge is 0.229 e. The van der Waals surface area contributed by atoms with E-state index in [-0.39, 0.29) is 24.3 Å². The molecule has 0 spiro atoms. The zero-order chi connectivity index (χ0) is 13.6. The average Bonchev–Trinajstić information content (AvgIpc) is 2.28. The lowest BCUT2D eigenvalue weighted by Crippen LogP contribution is -2.40. The molecule has 0 aromatic rings. The Hall–Kier alpha value is 0.590. The molecule has 18 heavy (non-hydrogen) atoms.